The lowest BCUT2D eigenvalue weighted by molar-refractivity contribution is -0.137. The van der Waals surface area contributed by atoms with Gasteiger partial charge in [-0.05, 0) is 13.8 Å². The number of rotatable bonds is 3. The van der Waals surface area contributed by atoms with Gasteiger partial charge in [0.15, 0.2) is 0 Å². The van der Waals surface area contributed by atoms with Crippen LogP contribution < -0.4 is 5.84 Å². The van der Waals surface area contributed by atoms with E-state index in [4.69, 9.17) is 10.6 Å². The minimum atomic E-state index is -0.425. The second-order valence-corrected chi connectivity index (χ2v) is 3.18. The Hall–Kier alpha value is -0.970. The number of carbonyl (C=O) groups excluding carboxylic acids is 1. The van der Waals surface area contributed by atoms with Gasteiger partial charge in [-0.1, -0.05) is 18.3 Å². The quantitative estimate of drug-likeness (QED) is 0.180. The molecule has 0 saturated heterocycles. The maximum atomic E-state index is 11.0. The Morgan fingerprint density at radius 3 is 2.75 bits per heavy atom. The average molecular weight is 188 g/mol. The molecule has 2 N–H and O–H groups in total. The summed E-state index contributed by atoms with van der Waals surface area (Å²) < 4.78 is 4.69. The van der Waals surface area contributed by atoms with E-state index in [1.165, 1.54) is 0 Å². The van der Waals surface area contributed by atoms with Crippen molar-refractivity contribution >= 4 is 22.8 Å². The van der Waals surface area contributed by atoms with Crippen LogP contribution in [0.3, 0.4) is 0 Å². The molecule has 0 atom stereocenters. The van der Waals surface area contributed by atoms with Crippen LogP contribution in [0.4, 0.5) is 0 Å². The van der Waals surface area contributed by atoms with E-state index in [-0.39, 0.29) is 0 Å². The molecule has 5 heteroatoms. The molecule has 68 valence electrons. The summed E-state index contributed by atoms with van der Waals surface area (Å²) in [5.74, 6) is 4.54. The first kappa shape index (κ1) is 11.0. The molecule has 0 heterocycles. The van der Waals surface area contributed by atoms with Gasteiger partial charge in [0.05, 0.1) is 16.6 Å². The maximum absolute atomic E-state index is 11.0. The Morgan fingerprint density at radius 2 is 2.33 bits per heavy atom. The van der Waals surface area contributed by atoms with Crippen molar-refractivity contribution in [2.75, 3.05) is 6.61 Å². The van der Waals surface area contributed by atoms with Crippen LogP contribution in [0.15, 0.2) is 16.6 Å². The second-order valence-electron chi connectivity index (χ2n) is 1.89. The summed E-state index contributed by atoms with van der Waals surface area (Å²) in [7, 11) is 0. The fourth-order valence-corrected chi connectivity index (χ4v) is 1.01. The lowest BCUT2D eigenvalue weighted by atomic mass is 10.6. The van der Waals surface area contributed by atoms with Crippen LogP contribution in [0.25, 0.3) is 0 Å². The predicted molar refractivity (Wildman–Crippen MR) is 50.7 cm³/mol. The lowest BCUT2D eigenvalue weighted by Crippen LogP contribution is -2.05. The highest BCUT2D eigenvalue weighted by molar-refractivity contribution is 8.17. The molecule has 0 fully saturated rings. The van der Waals surface area contributed by atoms with Crippen LogP contribution in [0.2, 0.25) is 0 Å². The van der Waals surface area contributed by atoms with Crippen molar-refractivity contribution in [1.29, 1.82) is 0 Å². The van der Waals surface area contributed by atoms with Crippen molar-refractivity contribution in [2.45, 2.75) is 13.8 Å². The smallest absolute Gasteiger partial charge is 0.344 e. The van der Waals surface area contributed by atoms with Gasteiger partial charge in [-0.2, -0.15) is 5.10 Å². The number of carbonyl (C=O) groups is 1. The number of thioether (sulfide) groups is 1. The van der Waals surface area contributed by atoms with Gasteiger partial charge in [0.1, 0.15) is 0 Å². The molecule has 0 aromatic carbocycles. The summed E-state index contributed by atoms with van der Waals surface area (Å²) in [6.45, 7) is 7.28. The SMILES string of the molecule is C=C(S/C(C)=N\N)C(=O)OCC. The molecule has 0 unspecified atom stereocenters. The third kappa shape index (κ3) is 4.02. The Morgan fingerprint density at radius 1 is 1.75 bits per heavy atom. The largest absolute Gasteiger partial charge is 0.462 e. The first-order valence-electron chi connectivity index (χ1n) is 3.40. The molecule has 0 aliphatic rings. The highest BCUT2D eigenvalue weighted by Crippen LogP contribution is 2.16. The van der Waals surface area contributed by atoms with Crippen LogP contribution in [0.5, 0.6) is 0 Å². The number of nitrogens with zero attached hydrogens (tertiary/aromatic N) is 1. The van der Waals surface area contributed by atoms with Gasteiger partial charge >= 0.3 is 5.97 Å². The van der Waals surface area contributed by atoms with Gasteiger partial charge in [-0.15, -0.1) is 0 Å². The van der Waals surface area contributed by atoms with Crippen molar-refractivity contribution < 1.29 is 9.53 Å². The molecule has 0 spiro atoms. The monoisotopic (exact) mass is 188 g/mol. The number of ether oxygens (including phenoxy) is 1. The van der Waals surface area contributed by atoms with E-state index in [1.54, 1.807) is 13.8 Å². The van der Waals surface area contributed by atoms with Crippen molar-refractivity contribution in [3.63, 3.8) is 0 Å². The molecule has 0 bridgehead atoms. The molecule has 4 nitrogen and oxygen atoms in total. The molecule has 0 radical (unpaired) electrons. The minimum absolute atomic E-state index is 0.295. The average Bonchev–Trinajstić information content (AvgIpc) is 2.04. The van der Waals surface area contributed by atoms with E-state index < -0.39 is 5.97 Å². The van der Waals surface area contributed by atoms with Crippen molar-refractivity contribution in [3.05, 3.63) is 11.5 Å². The van der Waals surface area contributed by atoms with Crippen LogP contribution in [-0.4, -0.2) is 17.6 Å². The Kier molecular flexibility index (Phi) is 5.19. The third-order valence-corrected chi connectivity index (χ3v) is 1.77. The third-order valence-electron chi connectivity index (χ3n) is 0.956. The van der Waals surface area contributed by atoms with E-state index in [0.29, 0.717) is 16.6 Å². The normalized spacial score (nSPS) is 11.0. The maximum Gasteiger partial charge on any atom is 0.344 e. The zero-order chi connectivity index (χ0) is 9.56. The molecule has 0 aliphatic carbocycles. The van der Waals surface area contributed by atoms with E-state index in [9.17, 15) is 4.79 Å². The second kappa shape index (κ2) is 5.65. The summed E-state index contributed by atoms with van der Waals surface area (Å²) in [5.41, 5.74) is 0. The molecular formula is C7H12N2O2S. The summed E-state index contributed by atoms with van der Waals surface area (Å²) >= 11 is 1.10. The van der Waals surface area contributed by atoms with Gasteiger partial charge in [-0.3, -0.25) is 0 Å². The van der Waals surface area contributed by atoms with Crippen LogP contribution in [-0.2, 0) is 9.53 Å². The van der Waals surface area contributed by atoms with Crippen molar-refractivity contribution in [3.8, 4) is 0 Å². The molecule has 0 rings (SSSR count). The molecule has 0 aromatic rings. The highest BCUT2D eigenvalue weighted by atomic mass is 32.2. The molecule has 0 saturated carbocycles. The molecular weight excluding hydrogens is 176 g/mol. The summed E-state index contributed by atoms with van der Waals surface area (Å²) in [5, 5.41) is 3.96. The standard InChI is InChI=1S/C7H12N2O2S/c1-4-11-7(10)5(2)12-6(3)9-8/h2,4,8H2,1,3H3/b9-6-. The Balaban J connectivity index is 3.96. The van der Waals surface area contributed by atoms with Crippen molar-refractivity contribution in [1.82, 2.24) is 0 Å². The van der Waals surface area contributed by atoms with E-state index in [1.807, 2.05) is 0 Å². The zero-order valence-electron chi connectivity index (χ0n) is 7.16. The zero-order valence-corrected chi connectivity index (χ0v) is 7.98. The van der Waals surface area contributed by atoms with E-state index in [0.717, 1.165) is 11.8 Å². The van der Waals surface area contributed by atoms with Gasteiger partial charge in [0.25, 0.3) is 0 Å². The first-order chi connectivity index (χ1) is 5.61. The van der Waals surface area contributed by atoms with Gasteiger partial charge in [0, 0.05) is 0 Å². The molecule has 0 aromatic heterocycles. The summed E-state index contributed by atoms with van der Waals surface area (Å²) in [6.07, 6.45) is 0. The van der Waals surface area contributed by atoms with Crippen LogP contribution in [0, 0.1) is 0 Å². The topological polar surface area (TPSA) is 64.7 Å². The van der Waals surface area contributed by atoms with E-state index in [2.05, 4.69) is 11.7 Å². The predicted octanol–water partition coefficient (Wildman–Crippen LogP) is 1.09. The van der Waals surface area contributed by atoms with Crippen LogP contribution >= 0.6 is 11.8 Å². The first-order valence-corrected chi connectivity index (χ1v) is 4.21. The fourth-order valence-electron chi connectivity index (χ4n) is 0.458. The number of hydrogen-bond acceptors (Lipinski definition) is 5. The lowest BCUT2D eigenvalue weighted by Gasteiger charge is -2.02. The number of hydrogen-bond donors (Lipinski definition) is 1. The Bertz CT molecular complexity index is 213. The number of hydrazone groups is 1. The number of nitrogens with two attached hydrogens (primary N) is 1. The molecule has 0 amide bonds. The molecule has 12 heavy (non-hydrogen) atoms. The number of esters is 1. The highest BCUT2D eigenvalue weighted by Gasteiger charge is 2.09. The molecule has 0 aliphatic heterocycles. The Labute approximate surface area is 75.8 Å². The minimum Gasteiger partial charge on any atom is -0.462 e. The van der Waals surface area contributed by atoms with Crippen molar-refractivity contribution in [2.24, 2.45) is 10.9 Å². The van der Waals surface area contributed by atoms with E-state index >= 15 is 0 Å². The van der Waals surface area contributed by atoms with Crippen LogP contribution in [0.1, 0.15) is 13.8 Å². The fraction of sp³-hybridized carbons (Fsp3) is 0.429. The van der Waals surface area contributed by atoms with Gasteiger partial charge in [-0.25, -0.2) is 4.79 Å². The van der Waals surface area contributed by atoms with Gasteiger partial charge < -0.3 is 10.6 Å². The van der Waals surface area contributed by atoms with Gasteiger partial charge in [0.2, 0.25) is 0 Å². The summed E-state index contributed by atoms with van der Waals surface area (Å²) in [6, 6.07) is 0. The summed E-state index contributed by atoms with van der Waals surface area (Å²) in [4.78, 5) is 11.3.